The van der Waals surface area contributed by atoms with Crippen LogP contribution in [0.3, 0.4) is 0 Å². The van der Waals surface area contributed by atoms with E-state index in [-0.39, 0.29) is 5.60 Å². The number of aliphatic carboxylic acids is 1. The Morgan fingerprint density at radius 2 is 2.21 bits per heavy atom. The monoisotopic (exact) mass is 272 g/mol. The molecule has 0 aliphatic carbocycles. The first-order chi connectivity index (χ1) is 8.79. The molecule has 0 saturated carbocycles. The van der Waals surface area contributed by atoms with Crippen molar-refractivity contribution < 1.29 is 14.6 Å². The summed E-state index contributed by atoms with van der Waals surface area (Å²) in [6.07, 6.45) is 4.63. The second-order valence-corrected chi connectivity index (χ2v) is 6.21. The number of unbranched alkanes of at least 4 members (excludes halogenated alkanes) is 1. The third-order valence-electron chi connectivity index (χ3n) is 4.14. The molecule has 0 aromatic carbocycles. The lowest BCUT2D eigenvalue weighted by Crippen LogP contribution is -2.47. The van der Waals surface area contributed by atoms with Crippen molar-refractivity contribution in [1.29, 1.82) is 0 Å². The van der Waals surface area contributed by atoms with Crippen LogP contribution in [0.1, 0.15) is 46.0 Å². The zero-order valence-electron chi connectivity index (χ0n) is 12.4. The molecule has 19 heavy (non-hydrogen) atoms. The first-order valence-electron chi connectivity index (χ1n) is 7.09. The number of carbonyl (C=O) groups is 1. The van der Waals surface area contributed by atoms with Gasteiger partial charge in [0, 0.05) is 13.7 Å². The van der Waals surface area contributed by atoms with Gasteiger partial charge >= 0.3 is 5.97 Å². The van der Waals surface area contributed by atoms with E-state index in [1.807, 2.05) is 0 Å². The van der Waals surface area contributed by atoms with Crippen LogP contribution in [0.5, 0.6) is 0 Å². The van der Waals surface area contributed by atoms with Gasteiger partial charge in [0.2, 0.25) is 0 Å². The molecule has 0 amide bonds. The van der Waals surface area contributed by atoms with E-state index in [1.54, 1.807) is 14.0 Å². The molecule has 112 valence electrons. The molecule has 3 N–H and O–H groups in total. The number of likely N-dealkylation sites (tertiary alicyclic amines) is 1. The van der Waals surface area contributed by atoms with E-state index in [4.69, 9.17) is 15.6 Å². The van der Waals surface area contributed by atoms with Crippen molar-refractivity contribution in [3.8, 4) is 0 Å². The molecule has 0 bridgehead atoms. The van der Waals surface area contributed by atoms with Crippen molar-refractivity contribution in [3.05, 3.63) is 0 Å². The third-order valence-corrected chi connectivity index (χ3v) is 4.14. The molecule has 0 aromatic rings. The van der Waals surface area contributed by atoms with Gasteiger partial charge in [0.05, 0.1) is 5.60 Å². The molecule has 1 heterocycles. The Morgan fingerprint density at radius 3 is 2.79 bits per heavy atom. The summed E-state index contributed by atoms with van der Waals surface area (Å²) >= 11 is 0. The number of ether oxygens (including phenoxy) is 1. The van der Waals surface area contributed by atoms with Crippen LogP contribution in [-0.4, -0.2) is 53.9 Å². The zero-order valence-corrected chi connectivity index (χ0v) is 12.4. The summed E-state index contributed by atoms with van der Waals surface area (Å²) in [7, 11) is 1.77. The number of carboxylic acid groups (broad SMARTS) is 1. The Morgan fingerprint density at radius 1 is 1.53 bits per heavy atom. The highest BCUT2D eigenvalue weighted by Crippen LogP contribution is 2.24. The number of piperidine rings is 1. The van der Waals surface area contributed by atoms with Crippen molar-refractivity contribution in [2.45, 2.75) is 57.1 Å². The third kappa shape index (κ3) is 5.09. The van der Waals surface area contributed by atoms with Gasteiger partial charge in [-0.15, -0.1) is 0 Å². The predicted molar refractivity (Wildman–Crippen MR) is 75.2 cm³/mol. The summed E-state index contributed by atoms with van der Waals surface area (Å²) in [6, 6.07) is 0. The lowest BCUT2D eigenvalue weighted by Gasteiger charge is -2.39. The van der Waals surface area contributed by atoms with Crippen LogP contribution in [0.15, 0.2) is 0 Å². The molecular formula is C14H28N2O3. The molecule has 0 aromatic heterocycles. The molecule has 1 rings (SSSR count). The fourth-order valence-corrected chi connectivity index (χ4v) is 2.60. The smallest absolute Gasteiger partial charge is 0.323 e. The standard InChI is InChI=1S/C14H28N2O3/c1-13(19-3)7-6-10-16(11-13)9-5-4-8-14(2,15)12(17)18/h4-11,15H2,1-3H3,(H,17,18). The van der Waals surface area contributed by atoms with Gasteiger partial charge in [-0.05, 0) is 59.0 Å². The SMILES string of the molecule is COC1(C)CCCN(CCCCC(C)(N)C(=O)O)C1. The van der Waals surface area contributed by atoms with E-state index in [2.05, 4.69) is 11.8 Å². The zero-order chi connectivity index (χ0) is 14.5. The van der Waals surface area contributed by atoms with Gasteiger partial charge in [-0.1, -0.05) is 0 Å². The molecule has 2 unspecified atom stereocenters. The maximum absolute atomic E-state index is 10.9. The van der Waals surface area contributed by atoms with Crippen LogP contribution in [0.4, 0.5) is 0 Å². The topological polar surface area (TPSA) is 75.8 Å². The Hall–Kier alpha value is -0.650. The van der Waals surface area contributed by atoms with E-state index in [9.17, 15) is 4.79 Å². The molecule has 5 nitrogen and oxygen atoms in total. The average molecular weight is 272 g/mol. The summed E-state index contributed by atoms with van der Waals surface area (Å²) in [5, 5.41) is 8.94. The van der Waals surface area contributed by atoms with Crippen molar-refractivity contribution in [1.82, 2.24) is 4.90 Å². The molecular weight excluding hydrogens is 244 g/mol. The van der Waals surface area contributed by atoms with Crippen LogP contribution in [0, 0.1) is 0 Å². The second kappa shape index (κ2) is 6.68. The number of carboxylic acids is 1. The van der Waals surface area contributed by atoms with Gasteiger partial charge in [0.15, 0.2) is 0 Å². The Balaban J connectivity index is 2.25. The van der Waals surface area contributed by atoms with E-state index in [0.717, 1.165) is 45.3 Å². The largest absolute Gasteiger partial charge is 0.480 e. The fraction of sp³-hybridized carbons (Fsp3) is 0.929. The number of rotatable bonds is 7. The molecule has 2 atom stereocenters. The van der Waals surface area contributed by atoms with Gasteiger partial charge in [-0.2, -0.15) is 0 Å². The van der Waals surface area contributed by atoms with Crippen molar-refractivity contribution in [3.63, 3.8) is 0 Å². The number of hydrogen-bond acceptors (Lipinski definition) is 4. The van der Waals surface area contributed by atoms with Gasteiger partial charge in [0.1, 0.15) is 5.54 Å². The van der Waals surface area contributed by atoms with Gasteiger partial charge in [0.25, 0.3) is 0 Å². The second-order valence-electron chi connectivity index (χ2n) is 6.21. The van der Waals surface area contributed by atoms with Crippen LogP contribution in [-0.2, 0) is 9.53 Å². The average Bonchev–Trinajstić information content (AvgIpc) is 2.35. The normalized spacial score (nSPS) is 28.0. The number of nitrogens with zero attached hydrogens (tertiary/aromatic N) is 1. The quantitative estimate of drug-likeness (QED) is 0.686. The molecule has 5 heteroatoms. The lowest BCUT2D eigenvalue weighted by atomic mass is 9.93. The van der Waals surface area contributed by atoms with Crippen LogP contribution >= 0.6 is 0 Å². The van der Waals surface area contributed by atoms with Gasteiger partial charge < -0.3 is 20.5 Å². The Bertz CT molecular complexity index is 307. The summed E-state index contributed by atoms with van der Waals surface area (Å²) < 4.78 is 5.56. The number of hydrogen-bond donors (Lipinski definition) is 2. The fourth-order valence-electron chi connectivity index (χ4n) is 2.60. The van der Waals surface area contributed by atoms with Crippen LogP contribution in [0.25, 0.3) is 0 Å². The van der Waals surface area contributed by atoms with E-state index < -0.39 is 11.5 Å². The highest BCUT2D eigenvalue weighted by atomic mass is 16.5. The van der Waals surface area contributed by atoms with E-state index >= 15 is 0 Å². The molecule has 0 spiro atoms. The molecule has 1 fully saturated rings. The lowest BCUT2D eigenvalue weighted by molar-refractivity contribution is -0.142. The predicted octanol–water partition coefficient (Wildman–Crippen LogP) is 1.46. The van der Waals surface area contributed by atoms with Gasteiger partial charge in [-0.3, -0.25) is 4.79 Å². The molecule has 1 aliphatic rings. The minimum Gasteiger partial charge on any atom is -0.480 e. The Labute approximate surface area is 116 Å². The maximum atomic E-state index is 10.9. The number of nitrogens with two attached hydrogens (primary N) is 1. The van der Waals surface area contributed by atoms with E-state index in [0.29, 0.717) is 6.42 Å². The minimum atomic E-state index is -1.09. The maximum Gasteiger partial charge on any atom is 0.323 e. The van der Waals surface area contributed by atoms with Crippen LogP contribution in [0.2, 0.25) is 0 Å². The van der Waals surface area contributed by atoms with Crippen LogP contribution < -0.4 is 5.73 Å². The summed E-state index contributed by atoms with van der Waals surface area (Å²) in [6.45, 7) is 6.80. The summed E-state index contributed by atoms with van der Waals surface area (Å²) in [4.78, 5) is 13.3. The van der Waals surface area contributed by atoms with Gasteiger partial charge in [-0.25, -0.2) is 0 Å². The van der Waals surface area contributed by atoms with Crippen molar-refractivity contribution in [2.24, 2.45) is 5.73 Å². The van der Waals surface area contributed by atoms with E-state index in [1.165, 1.54) is 0 Å². The minimum absolute atomic E-state index is 0.0261. The first kappa shape index (κ1) is 16.4. The van der Waals surface area contributed by atoms with Crippen molar-refractivity contribution >= 4 is 5.97 Å². The number of methoxy groups -OCH3 is 1. The molecule has 1 saturated heterocycles. The summed E-state index contributed by atoms with van der Waals surface area (Å²) in [5.41, 5.74) is 4.59. The first-order valence-corrected chi connectivity index (χ1v) is 7.09. The van der Waals surface area contributed by atoms with Crippen molar-refractivity contribution in [2.75, 3.05) is 26.7 Å². The molecule has 1 aliphatic heterocycles. The summed E-state index contributed by atoms with van der Waals surface area (Å²) in [5.74, 6) is -0.919. The highest BCUT2D eigenvalue weighted by molar-refractivity contribution is 5.77. The Kier molecular flexibility index (Phi) is 5.77. The molecule has 0 radical (unpaired) electrons. The highest BCUT2D eigenvalue weighted by Gasteiger charge is 2.31.